The first-order valence-electron chi connectivity index (χ1n) is 8.98. The van der Waals surface area contributed by atoms with E-state index in [9.17, 15) is 0 Å². The number of rotatable bonds is 6. The number of nitrogens with one attached hydrogen (secondary N) is 2. The second kappa shape index (κ2) is 12.8. The molecule has 0 saturated heterocycles. The summed E-state index contributed by atoms with van der Waals surface area (Å²) in [6.07, 6.45) is 0. The molecule has 0 aliphatic rings. The van der Waals surface area contributed by atoms with Crippen molar-refractivity contribution in [2.75, 3.05) is 23.8 Å². The van der Waals surface area contributed by atoms with Gasteiger partial charge >= 0.3 is 34.6 Å². The fraction of sp³-hybridized carbons (Fsp3) is 0.350. The van der Waals surface area contributed by atoms with E-state index in [4.69, 9.17) is 21.7 Å². The van der Waals surface area contributed by atoms with Crippen LogP contribution in [0.5, 0.6) is 11.5 Å². The summed E-state index contributed by atoms with van der Waals surface area (Å²) in [6.45, 7) is 5.24. The number of hydrogen-bond donors (Lipinski definition) is 2. The molecule has 0 aliphatic carbocycles. The van der Waals surface area contributed by atoms with Gasteiger partial charge in [0.05, 0.1) is 13.2 Å². The zero-order valence-corrected chi connectivity index (χ0v) is 20.4. The maximum absolute atomic E-state index is 5.40. The first-order valence-corrected chi connectivity index (χ1v) is 19.3. The molecule has 0 spiro atoms. The van der Waals surface area contributed by atoms with E-state index in [1.165, 1.54) is 0 Å². The van der Waals surface area contributed by atoms with Gasteiger partial charge in [-0.3, -0.25) is 0 Å². The quantitative estimate of drug-likeness (QED) is 0.428. The fourth-order valence-electron chi connectivity index (χ4n) is 1.90. The van der Waals surface area contributed by atoms with E-state index in [2.05, 4.69) is 25.5 Å². The molecule has 4 nitrogen and oxygen atoms in total. The Balaban J connectivity index is 0.000000765. The molecule has 0 aliphatic heterocycles. The van der Waals surface area contributed by atoms with Crippen LogP contribution in [0.4, 0.5) is 11.4 Å². The summed E-state index contributed by atoms with van der Waals surface area (Å²) in [7, 11) is 0. The van der Waals surface area contributed by atoms with Crippen molar-refractivity contribution in [3.05, 3.63) is 48.5 Å². The molecule has 0 saturated carbocycles. The monoisotopic (exact) mass is 482 g/mol. The Morgan fingerprint density at radius 3 is 1.35 bits per heavy atom. The van der Waals surface area contributed by atoms with Crippen LogP contribution < -0.4 is 20.1 Å². The Morgan fingerprint density at radius 1 is 0.769 bits per heavy atom. The van der Waals surface area contributed by atoms with Gasteiger partial charge in [0, 0.05) is 11.4 Å². The zero-order chi connectivity index (χ0) is 19.4. The van der Waals surface area contributed by atoms with Gasteiger partial charge in [0.1, 0.15) is 11.5 Å². The van der Waals surface area contributed by atoms with E-state index in [1.807, 2.05) is 62.4 Å². The molecule has 2 aromatic rings. The van der Waals surface area contributed by atoms with Crippen molar-refractivity contribution in [1.29, 1.82) is 0 Å². The fourth-order valence-corrected chi connectivity index (χ4v) is 2.13. The number of ether oxygens (including phenoxy) is 2. The Kier molecular flexibility index (Phi) is 11.1. The van der Waals surface area contributed by atoms with Crippen LogP contribution >= 0.6 is 12.2 Å². The Hall–Kier alpha value is -1.47. The van der Waals surface area contributed by atoms with Gasteiger partial charge in [0.2, 0.25) is 0 Å². The molecule has 0 fully saturated rings. The first-order chi connectivity index (χ1) is 12.4. The van der Waals surface area contributed by atoms with Gasteiger partial charge in [0.25, 0.3) is 0 Å². The van der Waals surface area contributed by atoms with E-state index in [1.54, 1.807) is 0 Å². The van der Waals surface area contributed by atoms with Crippen LogP contribution in [-0.2, 0) is 0 Å². The van der Waals surface area contributed by atoms with Crippen molar-refractivity contribution in [3.63, 3.8) is 0 Å². The summed E-state index contributed by atoms with van der Waals surface area (Å²) in [6, 6.07) is 15.3. The standard InChI is InChI=1S/C17H20N2O2S.3CH3.Sn.H/c1-3-20-15-9-5-13(6-10-15)18-17(22)19-14-7-11-16(12-8-14)21-4-2;;;;;/h5-12H,3-4H2,1-2H3,(H2,18,19,22);3*1H3;;. The van der Waals surface area contributed by atoms with Crippen molar-refractivity contribution < 1.29 is 9.47 Å². The van der Waals surface area contributed by atoms with Crippen molar-refractivity contribution in [2.24, 2.45) is 0 Å². The van der Waals surface area contributed by atoms with E-state index in [-0.39, 0.29) is 0 Å². The molecule has 0 bridgehead atoms. The summed E-state index contributed by atoms with van der Waals surface area (Å²) >= 11 is 4.66. The third-order valence-corrected chi connectivity index (χ3v) is 3.05. The van der Waals surface area contributed by atoms with Crippen LogP contribution in [0.3, 0.4) is 0 Å². The molecule has 0 amide bonds. The zero-order valence-electron chi connectivity index (χ0n) is 16.3. The van der Waals surface area contributed by atoms with Crippen LogP contribution in [0, 0.1) is 0 Å². The maximum atomic E-state index is 5.40. The third kappa shape index (κ3) is 9.87. The molecule has 2 aromatic carbocycles. The van der Waals surface area contributed by atoms with E-state index < -0.39 is 19.8 Å². The SMILES string of the molecule is CCOc1ccc(NC(=S)Nc2ccc(OCC)cc2)cc1.[CH3][SnH]([CH3])[CH3]. The summed E-state index contributed by atoms with van der Waals surface area (Å²) in [5, 5.41) is 6.80. The minimum atomic E-state index is -0.637. The van der Waals surface area contributed by atoms with Gasteiger partial charge in [-0.15, -0.1) is 0 Å². The number of anilines is 2. The van der Waals surface area contributed by atoms with Crippen molar-refractivity contribution in [1.82, 2.24) is 0 Å². The molecule has 0 atom stereocenters. The van der Waals surface area contributed by atoms with Gasteiger partial charge in [-0.2, -0.15) is 0 Å². The second-order valence-corrected chi connectivity index (χ2v) is 16.5. The minimum absolute atomic E-state index is 0.535. The third-order valence-electron chi connectivity index (χ3n) is 2.85. The first kappa shape index (κ1) is 22.6. The summed E-state index contributed by atoms with van der Waals surface area (Å²) < 4.78 is 10.8. The summed E-state index contributed by atoms with van der Waals surface area (Å²) in [5.74, 6) is 1.69. The molecule has 0 unspecified atom stereocenters. The average Bonchev–Trinajstić information content (AvgIpc) is 2.58. The predicted octanol–water partition coefficient (Wildman–Crippen LogP) is 5.40. The predicted molar refractivity (Wildman–Crippen MR) is 120 cm³/mol. The molecular formula is C20H30N2O2SSn. The van der Waals surface area contributed by atoms with Crippen molar-refractivity contribution >= 4 is 48.5 Å². The Morgan fingerprint density at radius 2 is 1.08 bits per heavy atom. The molecule has 2 N–H and O–H groups in total. The van der Waals surface area contributed by atoms with Gasteiger partial charge in [-0.05, 0) is 74.6 Å². The molecule has 0 aromatic heterocycles. The normalized spacial score (nSPS) is 9.77. The molecule has 6 heteroatoms. The second-order valence-electron chi connectivity index (χ2n) is 6.23. The van der Waals surface area contributed by atoms with Crippen LogP contribution in [0.2, 0.25) is 14.8 Å². The van der Waals surface area contributed by atoms with Crippen molar-refractivity contribution in [2.45, 2.75) is 28.7 Å². The summed E-state index contributed by atoms with van der Waals surface area (Å²) in [4.78, 5) is 7.13. The molecule has 2 rings (SSSR count). The topological polar surface area (TPSA) is 42.5 Å². The summed E-state index contributed by atoms with van der Waals surface area (Å²) in [5.41, 5.74) is 1.82. The molecule has 0 heterocycles. The van der Waals surface area contributed by atoms with Crippen LogP contribution in [-0.4, -0.2) is 38.1 Å². The van der Waals surface area contributed by atoms with Crippen LogP contribution in [0.15, 0.2) is 48.5 Å². The molecule has 0 radical (unpaired) electrons. The van der Waals surface area contributed by atoms with Gasteiger partial charge in [0.15, 0.2) is 5.11 Å². The Labute approximate surface area is 170 Å². The average molecular weight is 481 g/mol. The number of hydrogen-bond acceptors (Lipinski definition) is 3. The van der Waals surface area contributed by atoms with E-state index >= 15 is 0 Å². The van der Waals surface area contributed by atoms with Crippen molar-refractivity contribution in [3.8, 4) is 11.5 Å². The van der Waals surface area contributed by atoms with Crippen LogP contribution in [0.25, 0.3) is 0 Å². The molecule has 26 heavy (non-hydrogen) atoms. The van der Waals surface area contributed by atoms with Gasteiger partial charge < -0.3 is 20.1 Å². The van der Waals surface area contributed by atoms with Crippen LogP contribution in [0.1, 0.15) is 13.8 Å². The number of thiocarbonyl (C=S) groups is 1. The van der Waals surface area contributed by atoms with E-state index in [0.717, 1.165) is 22.9 Å². The van der Waals surface area contributed by atoms with Gasteiger partial charge in [-0.25, -0.2) is 0 Å². The Bertz CT molecular complexity index is 590. The van der Waals surface area contributed by atoms with E-state index in [0.29, 0.717) is 18.3 Å². The number of benzene rings is 2. The molecular weight excluding hydrogens is 451 g/mol. The molecule has 142 valence electrons. The van der Waals surface area contributed by atoms with Gasteiger partial charge in [-0.1, -0.05) is 0 Å².